The molecule has 2 aromatic rings. The molecular formula is C14H11Cl3N2O2. The summed E-state index contributed by atoms with van der Waals surface area (Å²) in [6, 6.07) is 8.40. The lowest BCUT2D eigenvalue weighted by molar-refractivity contribution is -0.118. The number of halogens is 3. The van der Waals surface area contributed by atoms with Crippen LogP contribution in [0, 0.1) is 6.92 Å². The Hall–Kier alpha value is -1.49. The van der Waals surface area contributed by atoms with Gasteiger partial charge in [-0.2, -0.15) is 0 Å². The van der Waals surface area contributed by atoms with Gasteiger partial charge in [0, 0.05) is 5.02 Å². The summed E-state index contributed by atoms with van der Waals surface area (Å²) in [7, 11) is 0. The number of amides is 1. The second-order valence-corrected chi connectivity index (χ2v) is 5.40. The smallest absolute Gasteiger partial charge is 0.262 e. The van der Waals surface area contributed by atoms with Crippen LogP contribution in [0.2, 0.25) is 15.3 Å². The number of hydrogen-bond acceptors (Lipinski definition) is 3. The van der Waals surface area contributed by atoms with Gasteiger partial charge in [-0.1, -0.05) is 40.9 Å². The van der Waals surface area contributed by atoms with Crippen molar-refractivity contribution in [3.05, 3.63) is 51.2 Å². The van der Waals surface area contributed by atoms with E-state index in [4.69, 9.17) is 39.5 Å². The highest BCUT2D eigenvalue weighted by molar-refractivity contribution is 6.34. The maximum Gasteiger partial charge on any atom is 0.262 e. The molecule has 0 bridgehead atoms. The van der Waals surface area contributed by atoms with Crippen LogP contribution in [-0.4, -0.2) is 17.5 Å². The fourth-order valence-electron chi connectivity index (χ4n) is 1.63. The topological polar surface area (TPSA) is 51.2 Å². The summed E-state index contributed by atoms with van der Waals surface area (Å²) in [5.74, 6) is 0.152. The number of carbonyl (C=O) groups excluding carboxylic acids is 1. The molecule has 0 spiro atoms. The summed E-state index contributed by atoms with van der Waals surface area (Å²) in [5.41, 5.74) is 1.14. The first kappa shape index (κ1) is 15.9. The van der Waals surface area contributed by atoms with E-state index in [1.807, 2.05) is 0 Å². The quantitative estimate of drug-likeness (QED) is 0.837. The maximum absolute atomic E-state index is 11.9. The molecule has 1 amide bonds. The molecule has 0 aliphatic rings. The summed E-state index contributed by atoms with van der Waals surface area (Å²) in [4.78, 5) is 15.7. The molecule has 0 atom stereocenters. The number of nitrogens with one attached hydrogen (secondary N) is 1. The molecule has 1 aromatic carbocycles. The molecule has 0 fully saturated rings. The van der Waals surface area contributed by atoms with E-state index in [9.17, 15) is 4.79 Å². The van der Waals surface area contributed by atoms with Crippen LogP contribution in [0.1, 0.15) is 5.56 Å². The lowest BCUT2D eigenvalue weighted by Crippen LogP contribution is -2.21. The van der Waals surface area contributed by atoms with Crippen LogP contribution >= 0.6 is 34.8 Å². The number of ether oxygens (including phenoxy) is 1. The van der Waals surface area contributed by atoms with Crippen LogP contribution in [0.4, 0.5) is 5.69 Å². The molecule has 21 heavy (non-hydrogen) atoms. The van der Waals surface area contributed by atoms with Gasteiger partial charge in [-0.15, -0.1) is 0 Å². The molecule has 0 saturated carbocycles. The van der Waals surface area contributed by atoms with Crippen molar-refractivity contribution in [3.8, 4) is 5.75 Å². The molecule has 4 nitrogen and oxygen atoms in total. The van der Waals surface area contributed by atoms with Crippen molar-refractivity contribution in [2.24, 2.45) is 0 Å². The fourth-order valence-corrected chi connectivity index (χ4v) is 2.39. The van der Waals surface area contributed by atoms with Gasteiger partial charge in [0.15, 0.2) is 11.8 Å². The van der Waals surface area contributed by atoms with E-state index >= 15 is 0 Å². The molecule has 2 rings (SSSR count). The second kappa shape index (κ2) is 6.98. The second-order valence-electron chi connectivity index (χ2n) is 4.22. The zero-order chi connectivity index (χ0) is 15.4. The third-order valence-electron chi connectivity index (χ3n) is 2.57. The van der Waals surface area contributed by atoms with Crippen molar-refractivity contribution < 1.29 is 9.53 Å². The molecule has 0 radical (unpaired) electrons. The first-order chi connectivity index (χ1) is 9.95. The van der Waals surface area contributed by atoms with Crippen molar-refractivity contribution in [1.29, 1.82) is 0 Å². The van der Waals surface area contributed by atoms with Gasteiger partial charge in [0.25, 0.3) is 5.91 Å². The first-order valence-electron chi connectivity index (χ1n) is 5.96. The number of benzene rings is 1. The summed E-state index contributed by atoms with van der Waals surface area (Å²) < 4.78 is 5.34. The highest BCUT2D eigenvalue weighted by atomic mass is 35.5. The SMILES string of the molecule is Cc1cc(Cl)nc(Cl)c1NC(=O)COc1cccc(Cl)c1. The van der Waals surface area contributed by atoms with Crippen LogP contribution in [0.5, 0.6) is 5.75 Å². The number of rotatable bonds is 4. The van der Waals surface area contributed by atoms with Gasteiger partial charge >= 0.3 is 0 Å². The first-order valence-corrected chi connectivity index (χ1v) is 7.10. The summed E-state index contributed by atoms with van der Waals surface area (Å²) in [5, 5.41) is 3.58. The van der Waals surface area contributed by atoms with Crippen molar-refractivity contribution >= 4 is 46.4 Å². The van der Waals surface area contributed by atoms with Crippen molar-refractivity contribution in [3.63, 3.8) is 0 Å². The molecule has 0 saturated heterocycles. The number of aryl methyl sites for hydroxylation is 1. The summed E-state index contributed by atoms with van der Waals surface area (Å²) in [6.07, 6.45) is 0. The van der Waals surface area contributed by atoms with E-state index < -0.39 is 0 Å². The minimum Gasteiger partial charge on any atom is -0.484 e. The fraction of sp³-hybridized carbons (Fsp3) is 0.143. The largest absolute Gasteiger partial charge is 0.484 e. The lowest BCUT2D eigenvalue weighted by atomic mass is 10.2. The molecule has 110 valence electrons. The van der Waals surface area contributed by atoms with Crippen molar-refractivity contribution in [2.45, 2.75) is 6.92 Å². The molecular weight excluding hydrogens is 335 g/mol. The van der Waals surface area contributed by atoms with Gasteiger partial charge in [-0.25, -0.2) is 4.98 Å². The summed E-state index contributed by atoms with van der Waals surface area (Å²) in [6.45, 7) is 1.60. The zero-order valence-corrected chi connectivity index (χ0v) is 13.3. The van der Waals surface area contributed by atoms with E-state index in [-0.39, 0.29) is 22.8 Å². The molecule has 1 aromatic heterocycles. The van der Waals surface area contributed by atoms with Crippen LogP contribution in [0.15, 0.2) is 30.3 Å². The molecule has 0 aliphatic heterocycles. The third-order valence-corrected chi connectivity index (χ3v) is 3.27. The predicted molar refractivity (Wildman–Crippen MR) is 84.6 cm³/mol. The number of carbonyl (C=O) groups is 1. The van der Waals surface area contributed by atoms with E-state index in [1.165, 1.54) is 0 Å². The van der Waals surface area contributed by atoms with Crippen LogP contribution in [-0.2, 0) is 4.79 Å². The van der Waals surface area contributed by atoms with Crippen molar-refractivity contribution in [1.82, 2.24) is 4.98 Å². The standard InChI is InChI=1S/C14H11Cl3N2O2/c1-8-5-11(16)18-14(17)13(8)19-12(20)7-21-10-4-2-3-9(15)6-10/h2-6H,7H2,1H3,(H,19,20). The highest BCUT2D eigenvalue weighted by Crippen LogP contribution is 2.26. The van der Waals surface area contributed by atoms with Gasteiger partial charge < -0.3 is 10.1 Å². The van der Waals surface area contributed by atoms with E-state index in [2.05, 4.69) is 10.3 Å². The summed E-state index contributed by atoms with van der Waals surface area (Å²) >= 11 is 17.5. The Labute approximate surface area is 137 Å². The minimum absolute atomic E-state index is 0.135. The lowest BCUT2D eigenvalue weighted by Gasteiger charge is -2.11. The Morgan fingerprint density at radius 1 is 1.29 bits per heavy atom. The van der Waals surface area contributed by atoms with Gasteiger partial charge in [0.1, 0.15) is 10.9 Å². The number of anilines is 1. The Bertz CT molecular complexity index is 654. The predicted octanol–water partition coefficient (Wildman–Crippen LogP) is 4.37. The molecule has 1 N–H and O–H groups in total. The van der Waals surface area contributed by atoms with Crippen LogP contribution in [0.3, 0.4) is 0 Å². The van der Waals surface area contributed by atoms with Gasteiger partial charge in [-0.3, -0.25) is 4.79 Å². The van der Waals surface area contributed by atoms with Crippen molar-refractivity contribution in [2.75, 3.05) is 11.9 Å². The number of hydrogen-bond donors (Lipinski definition) is 1. The minimum atomic E-state index is -0.357. The molecule has 0 unspecified atom stereocenters. The van der Waals surface area contributed by atoms with Gasteiger partial charge in [-0.05, 0) is 36.8 Å². The Morgan fingerprint density at radius 3 is 2.71 bits per heavy atom. The van der Waals surface area contributed by atoms with E-state index in [0.717, 1.165) is 5.56 Å². The van der Waals surface area contributed by atoms with Gasteiger partial charge in [0.05, 0.1) is 5.69 Å². The normalized spacial score (nSPS) is 10.3. The Morgan fingerprint density at radius 2 is 2.05 bits per heavy atom. The third kappa shape index (κ3) is 4.49. The number of aromatic nitrogens is 1. The zero-order valence-electron chi connectivity index (χ0n) is 11.0. The molecule has 0 aliphatic carbocycles. The average Bonchev–Trinajstić information content (AvgIpc) is 2.40. The highest BCUT2D eigenvalue weighted by Gasteiger charge is 2.11. The van der Waals surface area contributed by atoms with Crippen LogP contribution in [0.25, 0.3) is 0 Å². The molecule has 1 heterocycles. The Kier molecular flexibility index (Phi) is 5.28. The van der Waals surface area contributed by atoms with E-state index in [1.54, 1.807) is 37.3 Å². The van der Waals surface area contributed by atoms with E-state index in [0.29, 0.717) is 16.5 Å². The Balaban J connectivity index is 1.99. The average molecular weight is 346 g/mol. The molecule has 7 heteroatoms. The van der Waals surface area contributed by atoms with Crippen LogP contribution < -0.4 is 10.1 Å². The monoisotopic (exact) mass is 344 g/mol. The number of pyridine rings is 1. The maximum atomic E-state index is 11.9. The van der Waals surface area contributed by atoms with Gasteiger partial charge in [0.2, 0.25) is 0 Å². The number of nitrogens with zero attached hydrogens (tertiary/aromatic N) is 1.